The van der Waals surface area contributed by atoms with Crippen molar-refractivity contribution in [3.8, 4) is 0 Å². The number of nitrogens with two attached hydrogens (primary N) is 1. The lowest BCUT2D eigenvalue weighted by Gasteiger charge is -2.06. The number of ether oxygens (including phenoxy) is 2. The van der Waals surface area contributed by atoms with Crippen molar-refractivity contribution < 1.29 is 9.47 Å². The molecule has 7 heteroatoms. The number of aromatic nitrogens is 2. The molecule has 6 nitrogen and oxygen atoms in total. The van der Waals surface area contributed by atoms with E-state index in [2.05, 4.69) is 15.3 Å². The van der Waals surface area contributed by atoms with Crippen molar-refractivity contribution in [3.05, 3.63) is 11.2 Å². The van der Waals surface area contributed by atoms with Gasteiger partial charge in [-0.05, 0) is 12.8 Å². The maximum Gasteiger partial charge on any atom is 0.223 e. The average molecular weight is 275 g/mol. The first-order chi connectivity index (χ1) is 8.72. The number of unbranched alkanes of at least 4 members (excludes halogenated alkanes) is 1. The van der Waals surface area contributed by atoms with E-state index >= 15 is 0 Å². The molecular formula is C11H19ClN4O2. The molecule has 0 bridgehead atoms. The first kappa shape index (κ1) is 14.9. The predicted octanol–water partition coefficient (Wildman–Crippen LogP) is 1.57. The molecule has 0 amide bonds. The van der Waals surface area contributed by atoms with Crippen LogP contribution in [0.1, 0.15) is 12.8 Å². The summed E-state index contributed by atoms with van der Waals surface area (Å²) in [7, 11) is 1.66. The van der Waals surface area contributed by atoms with Crippen LogP contribution in [-0.2, 0) is 9.47 Å². The molecule has 0 aliphatic heterocycles. The second-order valence-corrected chi connectivity index (χ2v) is 4.06. The van der Waals surface area contributed by atoms with Crippen LogP contribution in [0.5, 0.6) is 0 Å². The van der Waals surface area contributed by atoms with Crippen LogP contribution >= 0.6 is 11.6 Å². The summed E-state index contributed by atoms with van der Waals surface area (Å²) in [5.41, 5.74) is 5.48. The summed E-state index contributed by atoms with van der Waals surface area (Å²) in [6.45, 7) is 2.80. The lowest BCUT2D eigenvalue weighted by Crippen LogP contribution is -2.08. The van der Waals surface area contributed by atoms with Gasteiger partial charge in [-0.3, -0.25) is 0 Å². The number of hydrogen-bond donors (Lipinski definition) is 2. The molecule has 18 heavy (non-hydrogen) atoms. The zero-order valence-electron chi connectivity index (χ0n) is 10.5. The molecule has 0 radical (unpaired) electrons. The van der Waals surface area contributed by atoms with Crippen molar-refractivity contribution in [1.82, 2.24) is 9.97 Å². The van der Waals surface area contributed by atoms with E-state index in [4.69, 9.17) is 26.8 Å². The van der Waals surface area contributed by atoms with E-state index in [-0.39, 0.29) is 5.95 Å². The summed E-state index contributed by atoms with van der Waals surface area (Å²) in [6, 6.07) is 1.65. The molecule has 0 saturated heterocycles. The third-order valence-corrected chi connectivity index (χ3v) is 2.36. The van der Waals surface area contributed by atoms with E-state index in [9.17, 15) is 0 Å². The Hall–Kier alpha value is -1.11. The van der Waals surface area contributed by atoms with Gasteiger partial charge in [-0.25, -0.2) is 4.98 Å². The minimum absolute atomic E-state index is 0.174. The minimum atomic E-state index is 0.174. The topological polar surface area (TPSA) is 82.3 Å². The fourth-order valence-corrected chi connectivity index (χ4v) is 1.51. The second-order valence-electron chi connectivity index (χ2n) is 3.67. The number of methoxy groups -OCH3 is 1. The number of anilines is 2. The van der Waals surface area contributed by atoms with Gasteiger partial charge in [0.25, 0.3) is 0 Å². The summed E-state index contributed by atoms with van der Waals surface area (Å²) < 4.78 is 10.2. The molecule has 1 aromatic rings. The van der Waals surface area contributed by atoms with Gasteiger partial charge < -0.3 is 20.5 Å². The highest BCUT2D eigenvalue weighted by Crippen LogP contribution is 2.12. The van der Waals surface area contributed by atoms with E-state index in [1.807, 2.05) is 0 Å². The van der Waals surface area contributed by atoms with Crippen LogP contribution in [0.4, 0.5) is 11.8 Å². The third-order valence-electron chi connectivity index (χ3n) is 2.17. The molecule has 0 atom stereocenters. The van der Waals surface area contributed by atoms with Gasteiger partial charge in [0.1, 0.15) is 11.0 Å². The van der Waals surface area contributed by atoms with E-state index in [0.29, 0.717) is 24.2 Å². The van der Waals surface area contributed by atoms with Gasteiger partial charge in [-0.2, -0.15) is 4.98 Å². The molecule has 1 heterocycles. The van der Waals surface area contributed by atoms with Crippen LogP contribution in [0.25, 0.3) is 0 Å². The minimum Gasteiger partial charge on any atom is -0.382 e. The van der Waals surface area contributed by atoms with Crippen molar-refractivity contribution in [2.24, 2.45) is 0 Å². The molecule has 0 saturated carbocycles. The molecule has 0 aromatic carbocycles. The number of rotatable bonds is 9. The Morgan fingerprint density at radius 2 is 2.11 bits per heavy atom. The second kappa shape index (κ2) is 8.91. The SMILES string of the molecule is COCCOCCCCNc1cc(Cl)nc(N)n1. The smallest absolute Gasteiger partial charge is 0.223 e. The van der Waals surface area contributed by atoms with Crippen LogP contribution in [-0.4, -0.2) is 43.4 Å². The lowest BCUT2D eigenvalue weighted by molar-refractivity contribution is 0.0691. The van der Waals surface area contributed by atoms with Crippen molar-refractivity contribution in [2.45, 2.75) is 12.8 Å². The van der Waals surface area contributed by atoms with Gasteiger partial charge in [-0.1, -0.05) is 11.6 Å². The van der Waals surface area contributed by atoms with Crippen LogP contribution < -0.4 is 11.1 Å². The zero-order chi connectivity index (χ0) is 13.2. The molecule has 0 aliphatic carbocycles. The van der Waals surface area contributed by atoms with Crippen molar-refractivity contribution in [2.75, 3.05) is 44.5 Å². The summed E-state index contributed by atoms with van der Waals surface area (Å²) >= 11 is 5.76. The van der Waals surface area contributed by atoms with E-state index < -0.39 is 0 Å². The Bertz CT molecular complexity index is 332. The maximum absolute atomic E-state index is 5.76. The Morgan fingerprint density at radius 3 is 2.83 bits per heavy atom. The Balaban J connectivity index is 2.07. The fourth-order valence-electron chi connectivity index (χ4n) is 1.32. The molecule has 0 aliphatic rings. The highest BCUT2D eigenvalue weighted by Gasteiger charge is 1.99. The molecule has 0 spiro atoms. The summed E-state index contributed by atoms with van der Waals surface area (Å²) in [5, 5.41) is 3.47. The first-order valence-corrected chi connectivity index (χ1v) is 6.21. The Labute approximate surface area is 112 Å². The molecular weight excluding hydrogens is 256 g/mol. The number of halogens is 1. The number of nitrogens with zero attached hydrogens (tertiary/aromatic N) is 2. The standard InChI is InChI=1S/C11H19ClN4O2/c1-17-6-7-18-5-3-2-4-14-10-8-9(12)15-11(13)16-10/h8H,2-7H2,1H3,(H3,13,14,15,16). The van der Waals surface area contributed by atoms with Gasteiger partial charge in [0, 0.05) is 26.3 Å². The van der Waals surface area contributed by atoms with E-state index in [1.54, 1.807) is 13.2 Å². The third kappa shape index (κ3) is 6.58. The maximum atomic E-state index is 5.76. The summed E-state index contributed by atoms with van der Waals surface area (Å²) in [5.74, 6) is 0.820. The van der Waals surface area contributed by atoms with Gasteiger partial charge in [-0.15, -0.1) is 0 Å². The van der Waals surface area contributed by atoms with Crippen LogP contribution in [0.15, 0.2) is 6.07 Å². The molecule has 102 valence electrons. The normalized spacial score (nSPS) is 10.6. The molecule has 0 unspecified atom stereocenters. The van der Waals surface area contributed by atoms with Crippen LogP contribution in [0.3, 0.4) is 0 Å². The number of hydrogen-bond acceptors (Lipinski definition) is 6. The van der Waals surface area contributed by atoms with Crippen LogP contribution in [0.2, 0.25) is 5.15 Å². The predicted molar refractivity (Wildman–Crippen MR) is 71.9 cm³/mol. The zero-order valence-corrected chi connectivity index (χ0v) is 11.2. The highest BCUT2D eigenvalue weighted by molar-refractivity contribution is 6.29. The van der Waals surface area contributed by atoms with E-state index in [0.717, 1.165) is 26.0 Å². The number of nitrogens with one attached hydrogen (secondary N) is 1. The molecule has 3 N–H and O–H groups in total. The highest BCUT2D eigenvalue weighted by atomic mass is 35.5. The van der Waals surface area contributed by atoms with Crippen molar-refractivity contribution >= 4 is 23.4 Å². The molecule has 1 rings (SSSR count). The van der Waals surface area contributed by atoms with E-state index in [1.165, 1.54) is 0 Å². The quantitative estimate of drug-likeness (QED) is 0.525. The largest absolute Gasteiger partial charge is 0.382 e. The number of nitrogen functional groups attached to an aromatic ring is 1. The van der Waals surface area contributed by atoms with Gasteiger partial charge >= 0.3 is 0 Å². The molecule has 1 aromatic heterocycles. The summed E-state index contributed by atoms with van der Waals surface area (Å²) in [6.07, 6.45) is 1.96. The van der Waals surface area contributed by atoms with Crippen molar-refractivity contribution in [1.29, 1.82) is 0 Å². The molecule has 0 fully saturated rings. The first-order valence-electron chi connectivity index (χ1n) is 5.83. The summed E-state index contributed by atoms with van der Waals surface area (Å²) in [4.78, 5) is 7.80. The Kier molecular flexibility index (Phi) is 7.40. The monoisotopic (exact) mass is 274 g/mol. The Morgan fingerprint density at radius 1 is 1.28 bits per heavy atom. The van der Waals surface area contributed by atoms with Gasteiger partial charge in [0.05, 0.1) is 13.2 Å². The van der Waals surface area contributed by atoms with Crippen molar-refractivity contribution in [3.63, 3.8) is 0 Å². The van der Waals surface area contributed by atoms with Crippen LogP contribution in [0, 0.1) is 0 Å². The average Bonchev–Trinajstić information content (AvgIpc) is 2.31. The van der Waals surface area contributed by atoms with Gasteiger partial charge in [0.15, 0.2) is 0 Å². The lowest BCUT2D eigenvalue weighted by atomic mass is 10.3. The fraction of sp³-hybridized carbons (Fsp3) is 0.636. The van der Waals surface area contributed by atoms with Gasteiger partial charge in [0.2, 0.25) is 5.95 Å².